The van der Waals surface area contributed by atoms with E-state index in [2.05, 4.69) is 19.9 Å². The average Bonchev–Trinajstić information content (AvgIpc) is 2.87. The molecular formula is C12H10N4OS. The van der Waals surface area contributed by atoms with Gasteiger partial charge in [-0.05, 0) is 36.0 Å². The molecule has 1 aromatic carbocycles. The third-order valence-electron chi connectivity index (χ3n) is 2.42. The van der Waals surface area contributed by atoms with Gasteiger partial charge in [0.2, 0.25) is 0 Å². The normalized spacial score (nSPS) is 10.7. The van der Waals surface area contributed by atoms with E-state index >= 15 is 0 Å². The van der Waals surface area contributed by atoms with Crippen LogP contribution in [0.25, 0.3) is 11.2 Å². The lowest BCUT2D eigenvalue weighted by atomic mass is 10.3. The Morgan fingerprint density at radius 1 is 1.17 bits per heavy atom. The molecule has 3 aromatic rings. The molecule has 90 valence electrons. The summed E-state index contributed by atoms with van der Waals surface area (Å²) < 4.78 is 5.11. The predicted molar refractivity (Wildman–Crippen MR) is 68.8 cm³/mol. The summed E-state index contributed by atoms with van der Waals surface area (Å²) in [7, 11) is 1.65. The van der Waals surface area contributed by atoms with Crippen LogP contribution in [0.2, 0.25) is 0 Å². The zero-order valence-corrected chi connectivity index (χ0v) is 10.4. The number of ether oxygens (including phenoxy) is 1. The number of imidazole rings is 1. The van der Waals surface area contributed by atoms with Crippen LogP contribution in [0.5, 0.6) is 5.75 Å². The van der Waals surface area contributed by atoms with Crippen molar-refractivity contribution in [2.45, 2.75) is 10.1 Å². The molecule has 0 radical (unpaired) electrons. The molecular weight excluding hydrogens is 248 g/mol. The van der Waals surface area contributed by atoms with Crippen molar-refractivity contribution < 1.29 is 4.74 Å². The van der Waals surface area contributed by atoms with Gasteiger partial charge in [0, 0.05) is 4.90 Å². The van der Waals surface area contributed by atoms with Gasteiger partial charge in [-0.15, -0.1) is 0 Å². The highest BCUT2D eigenvalue weighted by Gasteiger charge is 2.04. The highest BCUT2D eigenvalue weighted by Crippen LogP contribution is 2.26. The first kappa shape index (κ1) is 11.0. The van der Waals surface area contributed by atoms with E-state index < -0.39 is 0 Å². The van der Waals surface area contributed by atoms with Crippen molar-refractivity contribution in [3.63, 3.8) is 0 Å². The van der Waals surface area contributed by atoms with Gasteiger partial charge in [0.15, 0.2) is 10.8 Å². The highest BCUT2D eigenvalue weighted by molar-refractivity contribution is 7.99. The van der Waals surface area contributed by atoms with Crippen LogP contribution in [0.3, 0.4) is 0 Å². The van der Waals surface area contributed by atoms with Gasteiger partial charge < -0.3 is 9.72 Å². The number of aromatic amines is 1. The minimum Gasteiger partial charge on any atom is -0.497 e. The Kier molecular flexibility index (Phi) is 2.85. The largest absolute Gasteiger partial charge is 0.497 e. The predicted octanol–water partition coefficient (Wildman–Crippen LogP) is 2.51. The minimum atomic E-state index is 0.680. The van der Waals surface area contributed by atoms with Gasteiger partial charge in [0.25, 0.3) is 0 Å². The monoisotopic (exact) mass is 258 g/mol. The van der Waals surface area contributed by atoms with Gasteiger partial charge in [-0.2, -0.15) is 0 Å². The maximum atomic E-state index is 5.11. The molecule has 0 aliphatic heterocycles. The first-order chi connectivity index (χ1) is 8.85. The molecule has 0 aliphatic rings. The second-order valence-corrected chi connectivity index (χ2v) is 4.61. The third-order valence-corrected chi connectivity index (χ3v) is 3.31. The first-order valence-electron chi connectivity index (χ1n) is 5.33. The number of fused-ring (bicyclic) bond motifs is 1. The summed E-state index contributed by atoms with van der Waals surface area (Å²) in [6.07, 6.45) is 3.35. The molecule has 0 unspecified atom stereocenters. The van der Waals surface area contributed by atoms with E-state index in [4.69, 9.17) is 4.74 Å². The number of hydrogen-bond acceptors (Lipinski definition) is 5. The van der Waals surface area contributed by atoms with E-state index in [-0.39, 0.29) is 0 Å². The summed E-state index contributed by atoms with van der Waals surface area (Å²) in [6, 6.07) is 7.77. The molecule has 1 N–H and O–H groups in total. The lowest BCUT2D eigenvalue weighted by molar-refractivity contribution is 0.414. The third kappa shape index (κ3) is 2.14. The molecule has 5 nitrogen and oxygen atoms in total. The van der Waals surface area contributed by atoms with E-state index in [1.54, 1.807) is 19.6 Å². The van der Waals surface area contributed by atoms with Crippen molar-refractivity contribution in [3.8, 4) is 5.75 Å². The Bertz CT molecular complexity index is 665. The van der Waals surface area contributed by atoms with E-state index in [0.717, 1.165) is 16.2 Å². The van der Waals surface area contributed by atoms with Crippen LogP contribution >= 0.6 is 11.8 Å². The van der Waals surface area contributed by atoms with Gasteiger partial charge in [0.1, 0.15) is 11.3 Å². The summed E-state index contributed by atoms with van der Waals surface area (Å²) in [5, 5.41) is 0.680. The molecule has 0 saturated heterocycles. The number of hydrogen-bond donors (Lipinski definition) is 1. The molecule has 3 rings (SSSR count). The molecule has 0 fully saturated rings. The van der Waals surface area contributed by atoms with E-state index in [1.165, 1.54) is 11.8 Å². The molecule has 0 spiro atoms. The second-order valence-electron chi connectivity index (χ2n) is 3.57. The zero-order chi connectivity index (χ0) is 12.4. The summed E-state index contributed by atoms with van der Waals surface area (Å²) in [4.78, 5) is 16.8. The first-order valence-corrected chi connectivity index (χ1v) is 6.15. The Hall–Kier alpha value is -2.08. The highest BCUT2D eigenvalue weighted by atomic mass is 32.2. The van der Waals surface area contributed by atoms with Crippen LogP contribution in [0.4, 0.5) is 0 Å². The molecule has 0 saturated carbocycles. The van der Waals surface area contributed by atoms with Crippen molar-refractivity contribution in [2.75, 3.05) is 7.11 Å². The number of nitrogens with one attached hydrogen (secondary N) is 1. The second kappa shape index (κ2) is 4.66. The van der Waals surface area contributed by atoms with E-state index in [1.807, 2.05) is 24.3 Å². The number of methoxy groups -OCH3 is 1. The summed E-state index contributed by atoms with van der Waals surface area (Å²) in [5.74, 6) is 0.836. The molecule has 18 heavy (non-hydrogen) atoms. The fraction of sp³-hybridized carbons (Fsp3) is 0.0833. The number of nitrogens with zero attached hydrogens (tertiary/aromatic N) is 3. The summed E-state index contributed by atoms with van der Waals surface area (Å²) in [5.41, 5.74) is 1.52. The van der Waals surface area contributed by atoms with Crippen LogP contribution < -0.4 is 4.74 Å². The van der Waals surface area contributed by atoms with Gasteiger partial charge in [-0.3, -0.25) is 0 Å². The number of aromatic nitrogens is 4. The molecule has 0 atom stereocenters. The molecule has 0 aliphatic carbocycles. The molecule has 0 bridgehead atoms. The number of benzene rings is 1. The van der Waals surface area contributed by atoms with Crippen molar-refractivity contribution >= 4 is 22.9 Å². The van der Waals surface area contributed by atoms with Crippen molar-refractivity contribution in [2.24, 2.45) is 0 Å². The quantitative estimate of drug-likeness (QED) is 0.731. The maximum absolute atomic E-state index is 5.11. The lowest BCUT2D eigenvalue weighted by Gasteiger charge is -2.02. The SMILES string of the molecule is COc1ccc(Sc2ncc3[nH]cnc3n2)cc1. The van der Waals surface area contributed by atoms with Crippen LogP contribution in [0.1, 0.15) is 0 Å². The Morgan fingerprint density at radius 2 is 2.00 bits per heavy atom. The summed E-state index contributed by atoms with van der Waals surface area (Å²) in [6.45, 7) is 0. The molecule has 2 aromatic heterocycles. The lowest BCUT2D eigenvalue weighted by Crippen LogP contribution is -1.87. The van der Waals surface area contributed by atoms with E-state index in [0.29, 0.717) is 10.8 Å². The summed E-state index contributed by atoms with van der Waals surface area (Å²) >= 11 is 1.49. The fourth-order valence-electron chi connectivity index (χ4n) is 1.52. The van der Waals surface area contributed by atoms with Gasteiger partial charge in [0.05, 0.1) is 19.6 Å². The average molecular weight is 258 g/mol. The smallest absolute Gasteiger partial charge is 0.194 e. The van der Waals surface area contributed by atoms with Gasteiger partial charge >= 0.3 is 0 Å². The topological polar surface area (TPSA) is 63.7 Å². The maximum Gasteiger partial charge on any atom is 0.194 e. The van der Waals surface area contributed by atoms with Crippen LogP contribution in [-0.2, 0) is 0 Å². The zero-order valence-electron chi connectivity index (χ0n) is 9.62. The Balaban J connectivity index is 1.85. The van der Waals surface area contributed by atoms with Crippen molar-refractivity contribution in [1.29, 1.82) is 0 Å². The van der Waals surface area contributed by atoms with Crippen LogP contribution in [0, 0.1) is 0 Å². The fourth-order valence-corrected chi connectivity index (χ4v) is 2.24. The van der Waals surface area contributed by atoms with Crippen LogP contribution in [0.15, 0.2) is 46.8 Å². The van der Waals surface area contributed by atoms with E-state index in [9.17, 15) is 0 Å². The van der Waals surface area contributed by atoms with Crippen molar-refractivity contribution in [3.05, 3.63) is 36.8 Å². The Labute approximate surface area is 108 Å². The standard InChI is InChI=1S/C12H10N4OS/c1-17-8-2-4-9(5-3-8)18-12-13-6-10-11(16-12)15-7-14-10/h2-7H,1H3,(H,13,14,15,16). The molecule has 0 amide bonds. The van der Waals surface area contributed by atoms with Gasteiger partial charge in [-0.1, -0.05) is 0 Å². The number of H-pyrrole nitrogens is 1. The molecule has 6 heteroatoms. The van der Waals surface area contributed by atoms with Gasteiger partial charge in [-0.25, -0.2) is 15.0 Å². The van der Waals surface area contributed by atoms with Crippen LogP contribution in [-0.4, -0.2) is 27.0 Å². The molecule has 2 heterocycles. The minimum absolute atomic E-state index is 0.680. The Morgan fingerprint density at radius 3 is 2.78 bits per heavy atom. The van der Waals surface area contributed by atoms with Crippen molar-refractivity contribution in [1.82, 2.24) is 19.9 Å². The number of rotatable bonds is 3.